The maximum Gasteiger partial charge on any atom is 0.338 e. The fraction of sp³-hybridized carbons (Fsp3) is 0.273. The number of carbonyl (C=O) groups excluding carboxylic acids is 2. The van der Waals surface area contributed by atoms with Gasteiger partial charge in [-0.1, -0.05) is 42.9 Å². The van der Waals surface area contributed by atoms with Gasteiger partial charge in [-0.15, -0.1) is 0 Å². The second kappa shape index (κ2) is 10.8. The molecule has 1 amide bonds. The zero-order valence-electron chi connectivity index (χ0n) is 17.3. The normalized spacial score (nSPS) is 10.5. The maximum atomic E-state index is 12.1. The average Bonchev–Trinajstić information content (AvgIpc) is 3.14. The van der Waals surface area contributed by atoms with Gasteiger partial charge >= 0.3 is 5.97 Å². The molecule has 0 spiro atoms. The Balaban J connectivity index is 1.54. The van der Waals surface area contributed by atoms with Gasteiger partial charge in [0.2, 0.25) is 0 Å². The SMILES string of the molecule is CCCCOC(=O)c1ccc2nc(NC(=S)NC(=O)COc3ccccc3C)sc2c1. The minimum Gasteiger partial charge on any atom is -0.483 e. The van der Waals surface area contributed by atoms with E-state index < -0.39 is 0 Å². The number of benzene rings is 2. The number of thiocarbonyl (C=S) groups is 1. The van der Waals surface area contributed by atoms with Gasteiger partial charge in [-0.05, 0) is 55.4 Å². The van der Waals surface area contributed by atoms with Gasteiger partial charge in [-0.25, -0.2) is 9.78 Å². The lowest BCUT2D eigenvalue weighted by Crippen LogP contribution is -2.37. The molecule has 0 unspecified atom stereocenters. The number of hydrogen-bond acceptors (Lipinski definition) is 7. The van der Waals surface area contributed by atoms with Gasteiger partial charge < -0.3 is 14.8 Å². The number of fused-ring (bicyclic) bond motifs is 1. The molecule has 3 rings (SSSR count). The summed E-state index contributed by atoms with van der Waals surface area (Å²) in [5, 5.41) is 6.10. The molecule has 1 heterocycles. The number of aromatic nitrogens is 1. The Morgan fingerprint density at radius 2 is 2.00 bits per heavy atom. The lowest BCUT2D eigenvalue weighted by molar-refractivity contribution is -0.121. The minimum absolute atomic E-state index is 0.122. The van der Waals surface area contributed by atoms with Gasteiger partial charge in [0.05, 0.1) is 22.4 Å². The van der Waals surface area contributed by atoms with Crippen LogP contribution in [-0.2, 0) is 9.53 Å². The number of nitrogens with one attached hydrogen (secondary N) is 2. The lowest BCUT2D eigenvalue weighted by Gasteiger charge is -2.10. The van der Waals surface area contributed by atoms with E-state index in [1.807, 2.05) is 32.0 Å². The highest BCUT2D eigenvalue weighted by Gasteiger charge is 2.12. The fourth-order valence-corrected chi connectivity index (χ4v) is 3.83. The number of para-hydroxylation sites is 1. The van der Waals surface area contributed by atoms with E-state index in [-0.39, 0.29) is 23.6 Å². The third kappa shape index (κ3) is 6.47. The second-order valence-corrected chi connectivity index (χ2v) is 8.19. The third-order valence-electron chi connectivity index (χ3n) is 4.28. The predicted octanol–water partition coefficient (Wildman–Crippen LogP) is 4.45. The van der Waals surface area contributed by atoms with Crippen LogP contribution in [0.2, 0.25) is 0 Å². The number of aryl methyl sites for hydroxylation is 1. The largest absolute Gasteiger partial charge is 0.483 e. The van der Waals surface area contributed by atoms with Crippen molar-refractivity contribution in [3.63, 3.8) is 0 Å². The monoisotopic (exact) mass is 457 g/mol. The van der Waals surface area contributed by atoms with Crippen molar-refractivity contribution in [3.8, 4) is 5.75 Å². The molecule has 0 aliphatic carbocycles. The van der Waals surface area contributed by atoms with Crippen LogP contribution in [0.1, 0.15) is 35.7 Å². The summed E-state index contributed by atoms with van der Waals surface area (Å²) in [6.07, 6.45) is 1.80. The summed E-state index contributed by atoms with van der Waals surface area (Å²) < 4.78 is 11.6. The number of amides is 1. The molecular weight excluding hydrogens is 434 g/mol. The van der Waals surface area contributed by atoms with Gasteiger partial charge in [0.25, 0.3) is 5.91 Å². The van der Waals surface area contributed by atoms with E-state index in [4.69, 9.17) is 21.7 Å². The molecule has 162 valence electrons. The summed E-state index contributed by atoms with van der Waals surface area (Å²) in [7, 11) is 0. The smallest absolute Gasteiger partial charge is 0.338 e. The number of rotatable bonds is 8. The van der Waals surface area contributed by atoms with E-state index in [9.17, 15) is 9.59 Å². The Hall–Kier alpha value is -3.04. The maximum absolute atomic E-state index is 12.1. The Labute approximate surface area is 189 Å². The molecular formula is C22H23N3O4S2. The van der Waals surface area contributed by atoms with E-state index in [0.717, 1.165) is 28.6 Å². The zero-order chi connectivity index (χ0) is 22.2. The summed E-state index contributed by atoms with van der Waals surface area (Å²) in [5.74, 6) is -0.0830. The van der Waals surface area contributed by atoms with Gasteiger partial charge in [0.1, 0.15) is 5.75 Å². The summed E-state index contributed by atoms with van der Waals surface area (Å²) in [4.78, 5) is 28.6. The molecule has 0 bridgehead atoms. The highest BCUT2D eigenvalue weighted by Crippen LogP contribution is 2.27. The first kappa shape index (κ1) is 22.6. The average molecular weight is 458 g/mol. The van der Waals surface area contributed by atoms with Crippen LogP contribution < -0.4 is 15.4 Å². The standard InChI is InChI=1S/C22H23N3O4S2/c1-3-4-11-28-20(27)15-9-10-16-18(12-15)31-22(23-16)25-21(30)24-19(26)13-29-17-8-6-5-7-14(17)2/h5-10,12H,3-4,11,13H2,1-2H3,(H2,23,24,25,26,30). The molecule has 0 aliphatic heterocycles. The number of anilines is 1. The Morgan fingerprint density at radius 1 is 1.19 bits per heavy atom. The lowest BCUT2D eigenvalue weighted by atomic mass is 10.2. The Bertz CT molecular complexity index is 1100. The first-order chi connectivity index (χ1) is 15.0. The van der Waals surface area contributed by atoms with E-state index in [0.29, 0.717) is 23.1 Å². The Kier molecular flexibility index (Phi) is 7.91. The first-order valence-corrected chi connectivity index (χ1v) is 11.1. The van der Waals surface area contributed by atoms with Gasteiger partial charge in [-0.3, -0.25) is 10.1 Å². The number of ether oxygens (including phenoxy) is 2. The van der Waals surface area contributed by atoms with E-state index in [1.54, 1.807) is 24.3 Å². The highest BCUT2D eigenvalue weighted by molar-refractivity contribution is 7.80. The van der Waals surface area contributed by atoms with E-state index in [1.165, 1.54) is 11.3 Å². The molecule has 0 fully saturated rings. The number of carbonyl (C=O) groups is 2. The summed E-state index contributed by atoms with van der Waals surface area (Å²) in [5.41, 5.74) is 2.14. The van der Waals surface area contributed by atoms with Gasteiger partial charge in [0.15, 0.2) is 16.9 Å². The molecule has 3 aromatic rings. The van der Waals surface area contributed by atoms with Crippen LogP contribution in [0.3, 0.4) is 0 Å². The molecule has 1 aromatic heterocycles. The molecule has 0 radical (unpaired) electrons. The number of esters is 1. The first-order valence-electron chi connectivity index (χ1n) is 9.83. The predicted molar refractivity (Wildman–Crippen MR) is 126 cm³/mol. The number of nitrogens with zero attached hydrogens (tertiary/aromatic N) is 1. The van der Waals surface area contributed by atoms with Gasteiger partial charge in [0, 0.05) is 0 Å². The van der Waals surface area contributed by atoms with Gasteiger partial charge in [-0.2, -0.15) is 0 Å². The van der Waals surface area contributed by atoms with Crippen molar-refractivity contribution in [1.82, 2.24) is 10.3 Å². The topological polar surface area (TPSA) is 89.5 Å². The van der Waals surface area contributed by atoms with Crippen LogP contribution >= 0.6 is 23.6 Å². The fourth-order valence-electron chi connectivity index (χ4n) is 2.65. The number of thiazole rings is 1. The molecule has 7 nitrogen and oxygen atoms in total. The summed E-state index contributed by atoms with van der Waals surface area (Å²) >= 11 is 6.52. The van der Waals surface area contributed by atoms with Crippen molar-refractivity contribution in [2.24, 2.45) is 0 Å². The van der Waals surface area contributed by atoms with Crippen molar-refractivity contribution in [2.45, 2.75) is 26.7 Å². The van der Waals surface area contributed by atoms with E-state index in [2.05, 4.69) is 15.6 Å². The van der Waals surface area contributed by atoms with Crippen LogP contribution in [0.25, 0.3) is 10.2 Å². The van der Waals surface area contributed by atoms with Crippen LogP contribution in [0.5, 0.6) is 5.75 Å². The Morgan fingerprint density at radius 3 is 2.77 bits per heavy atom. The van der Waals surface area contributed by atoms with Crippen LogP contribution in [0, 0.1) is 6.92 Å². The minimum atomic E-state index is -0.376. The quantitative estimate of drug-likeness (QED) is 0.293. The van der Waals surface area contributed by atoms with Crippen molar-refractivity contribution in [1.29, 1.82) is 0 Å². The molecule has 2 aromatic carbocycles. The third-order valence-corrected chi connectivity index (χ3v) is 5.42. The highest BCUT2D eigenvalue weighted by atomic mass is 32.1. The van der Waals surface area contributed by atoms with Crippen LogP contribution in [0.15, 0.2) is 42.5 Å². The molecule has 0 saturated carbocycles. The van der Waals surface area contributed by atoms with Crippen LogP contribution in [-0.4, -0.2) is 35.2 Å². The second-order valence-electron chi connectivity index (χ2n) is 6.75. The molecule has 2 N–H and O–H groups in total. The molecule has 0 aliphatic rings. The van der Waals surface area contributed by atoms with Crippen molar-refractivity contribution in [2.75, 3.05) is 18.5 Å². The molecule has 9 heteroatoms. The number of hydrogen-bond donors (Lipinski definition) is 2. The van der Waals surface area contributed by atoms with E-state index >= 15 is 0 Å². The molecule has 0 saturated heterocycles. The zero-order valence-corrected chi connectivity index (χ0v) is 18.9. The van der Waals surface area contributed by atoms with Crippen LogP contribution in [0.4, 0.5) is 5.13 Å². The van der Waals surface area contributed by atoms with Crippen molar-refractivity contribution >= 4 is 55.9 Å². The summed E-state index contributed by atoms with van der Waals surface area (Å²) in [6.45, 7) is 4.19. The number of unbranched alkanes of at least 4 members (excludes halogenated alkanes) is 1. The summed E-state index contributed by atoms with van der Waals surface area (Å²) in [6, 6.07) is 12.6. The van der Waals surface area contributed by atoms with Crippen molar-refractivity contribution < 1.29 is 19.1 Å². The molecule has 0 atom stereocenters. The molecule has 31 heavy (non-hydrogen) atoms. The van der Waals surface area contributed by atoms with Crippen molar-refractivity contribution in [3.05, 3.63) is 53.6 Å².